The Balaban J connectivity index is 2.37. The number of nitriles is 1. The van der Waals surface area contributed by atoms with Crippen LogP contribution >= 0.6 is 20.6 Å². The van der Waals surface area contributed by atoms with Gasteiger partial charge in [-0.3, -0.25) is 14.2 Å². The predicted molar refractivity (Wildman–Crippen MR) is 163 cm³/mol. The summed E-state index contributed by atoms with van der Waals surface area (Å²) in [4.78, 5) is 60.1. The maximum absolute atomic E-state index is 14.2. The zero-order valence-electron chi connectivity index (χ0n) is 24.5. The summed E-state index contributed by atoms with van der Waals surface area (Å²) < 4.78 is 13.1. The van der Waals surface area contributed by atoms with Crippen LogP contribution in [0.3, 0.4) is 0 Å². The molecular weight excluding hydrogens is 581 g/mol. The van der Waals surface area contributed by atoms with Gasteiger partial charge >= 0.3 is 11.7 Å². The number of hydrogen-bond acceptors (Lipinski definition) is 10. The van der Waals surface area contributed by atoms with Crippen molar-refractivity contribution in [3.63, 3.8) is 0 Å². The number of nitrogens with zero attached hydrogens (tertiary/aromatic N) is 3. The summed E-state index contributed by atoms with van der Waals surface area (Å²) in [6.07, 6.45) is 0.128. The van der Waals surface area contributed by atoms with E-state index in [0.717, 1.165) is 21.2 Å². The molecule has 0 fully saturated rings. The molecule has 2 heterocycles. The van der Waals surface area contributed by atoms with E-state index >= 15 is 0 Å². The molecule has 0 bridgehead atoms. The highest BCUT2D eigenvalue weighted by Crippen LogP contribution is 2.32. The van der Waals surface area contributed by atoms with Gasteiger partial charge in [0, 0.05) is 12.1 Å². The highest BCUT2D eigenvalue weighted by molar-refractivity contribution is 7.27. The van der Waals surface area contributed by atoms with Crippen LogP contribution in [0.1, 0.15) is 61.0 Å². The number of nitrogens with one attached hydrogen (secondary N) is 2. The van der Waals surface area contributed by atoms with Crippen LogP contribution in [0.5, 0.6) is 5.75 Å². The van der Waals surface area contributed by atoms with Crippen LogP contribution in [0.4, 0.5) is 0 Å². The molecule has 2 aromatic heterocycles. The number of fused-ring (bicyclic) bond motifs is 1. The fraction of sp³-hybridized carbons (Fsp3) is 0.464. The first kappa shape index (κ1) is 32.9. The maximum atomic E-state index is 14.2. The van der Waals surface area contributed by atoms with Crippen LogP contribution in [0, 0.1) is 18.3 Å². The number of likely N-dealkylation sites (N-methyl/N-ethyl adjacent to an activating group) is 1. The highest BCUT2D eigenvalue weighted by Gasteiger charge is 2.36. The summed E-state index contributed by atoms with van der Waals surface area (Å²) in [7, 11) is 4.12. The van der Waals surface area contributed by atoms with Crippen LogP contribution in [0.25, 0.3) is 10.2 Å². The van der Waals surface area contributed by atoms with Crippen molar-refractivity contribution in [2.75, 3.05) is 26.9 Å². The van der Waals surface area contributed by atoms with Crippen molar-refractivity contribution in [3.05, 3.63) is 55.0 Å². The van der Waals surface area contributed by atoms with Gasteiger partial charge in [0.25, 0.3) is 5.56 Å². The number of ether oxygens (including phenoxy) is 2. The van der Waals surface area contributed by atoms with Gasteiger partial charge in [0.1, 0.15) is 21.0 Å². The molecule has 42 heavy (non-hydrogen) atoms. The van der Waals surface area contributed by atoms with Crippen molar-refractivity contribution in [1.82, 2.24) is 19.9 Å². The van der Waals surface area contributed by atoms with Gasteiger partial charge in [-0.25, -0.2) is 14.2 Å². The molecule has 0 aliphatic carbocycles. The standard InChI is InChI=1S/C28H36N5O7PS/c1-7-30-26(36)28(4,5)33-23(34)21-16(3)22(25(35)39-8-2)42-24(21)32(27(33)37)15-19(31-40-13-9-12-29)18-14-17(41)10-11-20(18)38-6/h10-11,14,19,31H,7-9,13,15,41H2,1-6H3,(H,30,36). The molecule has 2 N–H and O–H groups in total. The van der Waals surface area contributed by atoms with Crippen molar-refractivity contribution in [1.29, 1.82) is 5.26 Å². The molecule has 0 radical (unpaired) electrons. The summed E-state index contributed by atoms with van der Waals surface area (Å²) in [6.45, 7) is 8.44. The number of carbonyl (C=O) groups excluding carboxylic acids is 2. The molecule has 1 amide bonds. The molecule has 14 heteroatoms. The molecule has 12 nitrogen and oxygen atoms in total. The van der Waals surface area contributed by atoms with E-state index in [-0.39, 0.29) is 41.3 Å². The Morgan fingerprint density at radius 1 is 1.24 bits per heavy atom. The number of aryl methyl sites for hydroxylation is 1. The number of rotatable bonds is 13. The molecule has 0 aliphatic rings. The Kier molecular flexibility index (Phi) is 11.0. The lowest BCUT2D eigenvalue weighted by Crippen LogP contribution is -2.56. The number of esters is 1. The van der Waals surface area contributed by atoms with Crippen molar-refractivity contribution < 1.29 is 23.9 Å². The number of hydroxylamine groups is 1. The van der Waals surface area contributed by atoms with Crippen LogP contribution in [-0.4, -0.2) is 47.9 Å². The number of amides is 1. The molecular formula is C28H36N5O7PS. The van der Waals surface area contributed by atoms with Crippen molar-refractivity contribution in [3.8, 4) is 11.8 Å². The van der Waals surface area contributed by atoms with E-state index in [4.69, 9.17) is 19.6 Å². The summed E-state index contributed by atoms with van der Waals surface area (Å²) in [5, 5.41) is 12.6. The summed E-state index contributed by atoms with van der Waals surface area (Å²) in [5.41, 5.74) is 0.933. The summed E-state index contributed by atoms with van der Waals surface area (Å²) in [5.74, 6) is -0.617. The molecule has 0 saturated carbocycles. The molecule has 0 aliphatic heterocycles. The Morgan fingerprint density at radius 2 is 1.95 bits per heavy atom. The van der Waals surface area contributed by atoms with E-state index < -0.39 is 34.7 Å². The summed E-state index contributed by atoms with van der Waals surface area (Å²) >= 11 is 0.975. The minimum Gasteiger partial charge on any atom is -0.496 e. The van der Waals surface area contributed by atoms with Gasteiger partial charge < -0.3 is 19.6 Å². The van der Waals surface area contributed by atoms with E-state index in [1.807, 2.05) is 18.2 Å². The second kappa shape index (κ2) is 14.1. The number of aromatic nitrogens is 2. The molecule has 1 aromatic carbocycles. The first-order valence-electron chi connectivity index (χ1n) is 13.4. The third-order valence-corrected chi connectivity index (χ3v) is 8.32. The third kappa shape index (κ3) is 6.57. The van der Waals surface area contributed by atoms with E-state index in [9.17, 15) is 19.2 Å². The smallest absolute Gasteiger partial charge is 0.348 e. The lowest BCUT2D eigenvalue weighted by Gasteiger charge is -2.28. The Bertz CT molecular complexity index is 1640. The number of thiophene rings is 1. The van der Waals surface area contributed by atoms with Gasteiger partial charge in [0.2, 0.25) is 5.91 Å². The Morgan fingerprint density at radius 3 is 2.57 bits per heavy atom. The monoisotopic (exact) mass is 617 g/mol. The molecule has 2 unspecified atom stereocenters. The van der Waals surface area contributed by atoms with Crippen molar-refractivity contribution >= 4 is 48.0 Å². The van der Waals surface area contributed by atoms with Crippen LogP contribution in [0.15, 0.2) is 27.8 Å². The zero-order chi connectivity index (χ0) is 31.2. The molecule has 3 aromatic rings. The average molecular weight is 618 g/mol. The van der Waals surface area contributed by atoms with E-state index in [0.29, 0.717) is 23.4 Å². The number of carbonyl (C=O) groups is 2. The van der Waals surface area contributed by atoms with E-state index in [1.54, 1.807) is 26.8 Å². The quantitative estimate of drug-likeness (QED) is 0.127. The zero-order valence-corrected chi connectivity index (χ0v) is 26.5. The number of methoxy groups -OCH3 is 1. The van der Waals surface area contributed by atoms with Crippen molar-refractivity contribution in [2.45, 2.75) is 59.2 Å². The Hall–Kier alpha value is -3.56. The lowest BCUT2D eigenvalue weighted by atomic mass is 10.0. The molecule has 3 rings (SSSR count). The first-order valence-corrected chi connectivity index (χ1v) is 14.8. The first-order chi connectivity index (χ1) is 19.9. The number of hydrogen-bond donors (Lipinski definition) is 2. The fourth-order valence-electron chi connectivity index (χ4n) is 4.53. The van der Waals surface area contributed by atoms with Gasteiger partial charge in [-0.1, -0.05) is 6.07 Å². The lowest BCUT2D eigenvalue weighted by molar-refractivity contribution is -0.128. The minimum absolute atomic E-state index is 0.0784. The fourth-order valence-corrected chi connectivity index (χ4v) is 6.00. The Labute approximate surface area is 249 Å². The van der Waals surface area contributed by atoms with Gasteiger partial charge in [-0.2, -0.15) is 10.7 Å². The highest BCUT2D eigenvalue weighted by atomic mass is 32.1. The normalized spacial score (nSPS) is 12.1. The second-order valence-corrected chi connectivity index (χ2v) is 11.5. The average Bonchev–Trinajstić information content (AvgIpc) is 3.29. The van der Waals surface area contributed by atoms with Crippen LogP contribution in [-0.2, 0) is 26.5 Å². The molecule has 226 valence electrons. The van der Waals surface area contributed by atoms with Gasteiger partial charge in [0.05, 0.1) is 50.8 Å². The predicted octanol–water partition coefficient (Wildman–Crippen LogP) is 2.27. The third-order valence-electron chi connectivity index (χ3n) is 6.66. The largest absolute Gasteiger partial charge is 0.496 e. The van der Waals surface area contributed by atoms with E-state index in [2.05, 4.69) is 20.0 Å². The maximum Gasteiger partial charge on any atom is 0.348 e. The van der Waals surface area contributed by atoms with Crippen molar-refractivity contribution in [2.24, 2.45) is 0 Å². The second-order valence-electron chi connectivity index (χ2n) is 9.84. The molecule has 0 spiro atoms. The summed E-state index contributed by atoms with van der Waals surface area (Å²) in [6, 6.07) is 6.75. The van der Waals surface area contributed by atoms with Crippen LogP contribution < -0.4 is 32.1 Å². The van der Waals surface area contributed by atoms with Gasteiger partial charge in [0.15, 0.2) is 0 Å². The number of benzene rings is 1. The SMILES string of the molecule is CCNC(=O)C(C)(C)n1c(=O)c2c(C)c(C(=O)OCC)sc2n(CC(NOCCC#N)c2cc(P)ccc2OC)c1=O. The van der Waals surface area contributed by atoms with Crippen LogP contribution in [0.2, 0.25) is 0 Å². The topological polar surface area (TPSA) is 154 Å². The minimum atomic E-state index is -1.57. The molecule has 0 saturated heterocycles. The van der Waals surface area contributed by atoms with Gasteiger partial charge in [-0.15, -0.1) is 20.6 Å². The molecule has 2 atom stereocenters. The van der Waals surface area contributed by atoms with E-state index in [1.165, 1.54) is 25.5 Å². The van der Waals surface area contributed by atoms with Gasteiger partial charge in [-0.05, 0) is 57.6 Å².